The highest BCUT2D eigenvalue weighted by atomic mass is 19.1. The van der Waals surface area contributed by atoms with Crippen molar-refractivity contribution in [2.75, 3.05) is 13.7 Å². The third kappa shape index (κ3) is 5.85. The van der Waals surface area contributed by atoms with Crippen molar-refractivity contribution in [1.29, 1.82) is 0 Å². The van der Waals surface area contributed by atoms with E-state index in [0.29, 0.717) is 42.9 Å². The summed E-state index contributed by atoms with van der Waals surface area (Å²) in [6.45, 7) is 5.13. The van der Waals surface area contributed by atoms with E-state index in [9.17, 15) is 14.0 Å². The predicted octanol–water partition coefficient (Wildman–Crippen LogP) is 4.46. The standard InChI is InChI=1S/C31H43FN6O3/c1-18-12-22(13-19(2)34-18)20-4-6-23(7-5-20)35-29(39)21-8-11-38(31(16-21)9-10-31)30(40)27-15-26(36-37-27)24-14-28(41-3)33-17-25(24)32/h14-15,17-23,34H,4-13,16H2,1-3H3,(H,35,39)(H,36,37)/t18-,19+,20?,21-,22?,23?/m0/s1. The first kappa shape index (κ1) is 28.1. The molecule has 4 atom stereocenters. The lowest BCUT2D eigenvalue weighted by Gasteiger charge is -2.41. The Morgan fingerprint density at radius 3 is 2.49 bits per heavy atom. The van der Waals surface area contributed by atoms with Crippen LogP contribution in [0.4, 0.5) is 4.39 Å². The molecule has 0 aromatic carbocycles. The van der Waals surface area contributed by atoms with Crippen molar-refractivity contribution in [2.45, 2.75) is 102 Å². The molecule has 4 heterocycles. The Kier molecular flexibility index (Phi) is 7.78. The molecule has 6 rings (SSSR count). The van der Waals surface area contributed by atoms with Gasteiger partial charge in [-0.25, -0.2) is 9.37 Å². The Morgan fingerprint density at radius 2 is 1.80 bits per heavy atom. The van der Waals surface area contributed by atoms with Crippen molar-refractivity contribution in [3.63, 3.8) is 0 Å². The maximum atomic E-state index is 14.4. The Labute approximate surface area is 241 Å². The van der Waals surface area contributed by atoms with Crippen LogP contribution in [0.15, 0.2) is 18.3 Å². The van der Waals surface area contributed by atoms with Crippen LogP contribution >= 0.6 is 0 Å². The first-order valence-corrected chi connectivity index (χ1v) is 15.4. The van der Waals surface area contributed by atoms with Gasteiger partial charge in [0.1, 0.15) is 5.69 Å². The molecule has 2 amide bonds. The van der Waals surface area contributed by atoms with Crippen LogP contribution in [0, 0.1) is 23.6 Å². The van der Waals surface area contributed by atoms with Crippen molar-refractivity contribution < 1.29 is 18.7 Å². The van der Waals surface area contributed by atoms with Gasteiger partial charge in [-0.1, -0.05) is 0 Å². The quantitative estimate of drug-likeness (QED) is 0.476. The van der Waals surface area contributed by atoms with E-state index in [-0.39, 0.29) is 40.8 Å². The molecule has 41 heavy (non-hydrogen) atoms. The molecule has 2 aliphatic heterocycles. The zero-order chi connectivity index (χ0) is 28.7. The van der Waals surface area contributed by atoms with E-state index in [1.165, 1.54) is 38.9 Å². The fraction of sp³-hybridized carbons (Fsp3) is 0.677. The van der Waals surface area contributed by atoms with E-state index in [4.69, 9.17) is 4.74 Å². The topological polar surface area (TPSA) is 112 Å². The molecule has 9 nitrogen and oxygen atoms in total. The van der Waals surface area contributed by atoms with Crippen molar-refractivity contribution in [1.82, 2.24) is 30.7 Å². The summed E-state index contributed by atoms with van der Waals surface area (Å²) in [6.07, 6.45) is 11.3. The van der Waals surface area contributed by atoms with Crippen LogP contribution in [0.25, 0.3) is 11.3 Å². The maximum Gasteiger partial charge on any atom is 0.272 e. The van der Waals surface area contributed by atoms with Crippen LogP contribution in [-0.4, -0.2) is 69.2 Å². The summed E-state index contributed by atoms with van der Waals surface area (Å²) in [5, 5.41) is 14.0. The van der Waals surface area contributed by atoms with Gasteiger partial charge in [-0.2, -0.15) is 5.10 Å². The van der Waals surface area contributed by atoms with Gasteiger partial charge in [0.05, 0.1) is 19.0 Å². The van der Waals surface area contributed by atoms with Crippen LogP contribution in [-0.2, 0) is 4.79 Å². The third-order valence-corrected chi connectivity index (χ3v) is 10.1. The fourth-order valence-electron chi connectivity index (χ4n) is 7.86. The summed E-state index contributed by atoms with van der Waals surface area (Å²) < 4.78 is 19.5. The number of hydrogen-bond donors (Lipinski definition) is 3. The second-order valence-electron chi connectivity index (χ2n) is 13.1. The smallest absolute Gasteiger partial charge is 0.272 e. The van der Waals surface area contributed by atoms with Gasteiger partial charge in [0.2, 0.25) is 11.8 Å². The number of hydrogen-bond acceptors (Lipinski definition) is 6. The number of ether oxygens (including phenoxy) is 1. The lowest BCUT2D eigenvalue weighted by molar-refractivity contribution is -0.128. The zero-order valence-corrected chi connectivity index (χ0v) is 24.4. The lowest BCUT2D eigenvalue weighted by Crippen LogP contribution is -2.52. The number of rotatable bonds is 6. The number of pyridine rings is 1. The molecular formula is C31H43FN6O3. The minimum atomic E-state index is -0.536. The third-order valence-electron chi connectivity index (χ3n) is 10.1. The molecule has 2 saturated carbocycles. The van der Waals surface area contributed by atoms with Crippen LogP contribution in [0.3, 0.4) is 0 Å². The Morgan fingerprint density at radius 1 is 1.07 bits per heavy atom. The van der Waals surface area contributed by atoms with Gasteiger partial charge in [-0.05, 0) is 96.0 Å². The molecule has 2 aromatic heterocycles. The average Bonchev–Trinajstić information content (AvgIpc) is 3.54. The second-order valence-corrected chi connectivity index (χ2v) is 13.1. The van der Waals surface area contributed by atoms with Gasteiger partial charge in [-0.3, -0.25) is 14.7 Å². The number of nitrogens with one attached hydrogen (secondary N) is 3. The SMILES string of the molecule is COc1cc(-c2cc(C(=O)N3CC[C@H](C(=O)NC4CCC(C5C[C@@H](C)N[C@@H](C)C5)CC4)CC34CC4)[nH]n2)c(F)cn1. The van der Waals surface area contributed by atoms with Crippen LogP contribution in [0.2, 0.25) is 0 Å². The number of methoxy groups -OCH3 is 1. The molecule has 0 bridgehead atoms. The molecule has 3 N–H and O–H groups in total. The number of carbonyl (C=O) groups excluding carboxylic acids is 2. The van der Waals surface area contributed by atoms with Crippen LogP contribution in [0.1, 0.15) is 88.5 Å². The van der Waals surface area contributed by atoms with Gasteiger partial charge >= 0.3 is 0 Å². The molecular weight excluding hydrogens is 523 g/mol. The van der Waals surface area contributed by atoms with E-state index in [2.05, 4.69) is 39.7 Å². The lowest BCUT2D eigenvalue weighted by atomic mass is 9.72. The predicted molar refractivity (Wildman–Crippen MR) is 153 cm³/mol. The Bertz CT molecular complexity index is 1260. The van der Waals surface area contributed by atoms with E-state index < -0.39 is 5.82 Å². The first-order valence-electron chi connectivity index (χ1n) is 15.4. The van der Waals surface area contributed by atoms with Gasteiger partial charge in [0, 0.05) is 47.8 Å². The molecule has 2 aliphatic carbocycles. The van der Waals surface area contributed by atoms with Crippen LogP contribution < -0.4 is 15.4 Å². The molecule has 1 unspecified atom stereocenters. The molecule has 4 fully saturated rings. The summed E-state index contributed by atoms with van der Waals surface area (Å²) in [5.41, 5.74) is 0.592. The summed E-state index contributed by atoms with van der Waals surface area (Å²) in [5.74, 6) is 1.25. The molecule has 0 radical (unpaired) electrons. The normalized spacial score (nSPS) is 31.1. The number of halogens is 1. The average molecular weight is 567 g/mol. The number of aromatic nitrogens is 3. The minimum Gasteiger partial charge on any atom is -0.481 e. The first-order chi connectivity index (χ1) is 19.7. The molecule has 2 aromatic rings. The Hall–Kier alpha value is -3.01. The fourth-order valence-corrected chi connectivity index (χ4v) is 7.86. The van der Waals surface area contributed by atoms with Crippen molar-refractivity contribution in [2.24, 2.45) is 17.8 Å². The zero-order valence-electron chi connectivity index (χ0n) is 24.4. The molecule has 1 spiro atoms. The van der Waals surface area contributed by atoms with Crippen molar-refractivity contribution >= 4 is 11.8 Å². The maximum absolute atomic E-state index is 14.4. The summed E-state index contributed by atoms with van der Waals surface area (Å²) in [6, 6.07) is 4.50. The highest BCUT2D eigenvalue weighted by molar-refractivity contribution is 5.94. The van der Waals surface area contributed by atoms with Crippen molar-refractivity contribution in [3.8, 4) is 17.1 Å². The minimum absolute atomic E-state index is 0.0684. The van der Waals surface area contributed by atoms with E-state index in [1.54, 1.807) is 6.07 Å². The largest absolute Gasteiger partial charge is 0.481 e. The van der Waals surface area contributed by atoms with Gasteiger partial charge < -0.3 is 20.3 Å². The Balaban J connectivity index is 1.03. The number of amides is 2. The number of likely N-dealkylation sites (tertiary alicyclic amines) is 1. The highest BCUT2D eigenvalue weighted by Crippen LogP contribution is 2.50. The van der Waals surface area contributed by atoms with Crippen LogP contribution in [0.5, 0.6) is 5.88 Å². The highest BCUT2D eigenvalue weighted by Gasteiger charge is 2.54. The van der Waals surface area contributed by atoms with Crippen molar-refractivity contribution in [3.05, 3.63) is 29.8 Å². The number of carbonyl (C=O) groups is 2. The number of aromatic amines is 1. The van der Waals surface area contributed by atoms with E-state index >= 15 is 0 Å². The van der Waals surface area contributed by atoms with Gasteiger partial charge in [0.15, 0.2) is 5.82 Å². The number of piperidine rings is 2. The van der Waals surface area contributed by atoms with Gasteiger partial charge in [0.25, 0.3) is 5.91 Å². The second kappa shape index (κ2) is 11.3. The number of nitrogens with zero attached hydrogens (tertiary/aromatic N) is 3. The summed E-state index contributed by atoms with van der Waals surface area (Å²) in [4.78, 5) is 32.6. The molecule has 4 aliphatic rings. The number of H-pyrrole nitrogens is 1. The summed E-state index contributed by atoms with van der Waals surface area (Å²) in [7, 11) is 1.46. The molecule has 2 saturated heterocycles. The van der Waals surface area contributed by atoms with Gasteiger partial charge in [-0.15, -0.1) is 0 Å². The van der Waals surface area contributed by atoms with E-state index in [0.717, 1.165) is 43.7 Å². The molecule has 222 valence electrons. The summed E-state index contributed by atoms with van der Waals surface area (Å²) >= 11 is 0. The van der Waals surface area contributed by atoms with E-state index in [1.807, 2.05) is 4.90 Å². The molecule has 10 heteroatoms. The monoisotopic (exact) mass is 566 g/mol.